The van der Waals surface area contributed by atoms with Gasteiger partial charge in [-0.05, 0) is 48.4 Å². The number of amides is 2. The number of anilines is 1. The zero-order valence-corrected chi connectivity index (χ0v) is 17.1. The van der Waals surface area contributed by atoms with E-state index >= 15 is 0 Å². The van der Waals surface area contributed by atoms with Crippen molar-refractivity contribution in [2.24, 2.45) is 0 Å². The topological polar surface area (TPSA) is 76.7 Å². The van der Waals surface area contributed by atoms with Crippen molar-refractivity contribution in [3.05, 3.63) is 59.7 Å². The van der Waals surface area contributed by atoms with Gasteiger partial charge in [-0.2, -0.15) is 13.2 Å². The molecule has 0 spiro atoms. The van der Waals surface area contributed by atoms with Crippen molar-refractivity contribution in [2.45, 2.75) is 19.5 Å². The molecule has 0 radical (unpaired) electrons. The van der Waals surface area contributed by atoms with E-state index in [1.165, 1.54) is 37.5 Å². The number of benzene rings is 2. The van der Waals surface area contributed by atoms with Gasteiger partial charge in [0.2, 0.25) is 5.91 Å². The molecule has 0 aliphatic carbocycles. The van der Waals surface area contributed by atoms with E-state index in [0.29, 0.717) is 23.7 Å². The van der Waals surface area contributed by atoms with Crippen LogP contribution in [0.5, 0.6) is 11.5 Å². The van der Waals surface area contributed by atoms with Crippen LogP contribution in [0.2, 0.25) is 0 Å². The van der Waals surface area contributed by atoms with E-state index in [1.807, 2.05) is 6.92 Å². The first-order chi connectivity index (χ1) is 14.7. The highest BCUT2D eigenvalue weighted by molar-refractivity contribution is 6.03. The highest BCUT2D eigenvalue weighted by atomic mass is 19.4. The lowest BCUT2D eigenvalue weighted by atomic mass is 10.1. The number of halogens is 3. The van der Waals surface area contributed by atoms with Gasteiger partial charge in [0.15, 0.2) is 11.5 Å². The van der Waals surface area contributed by atoms with Crippen molar-refractivity contribution < 1.29 is 32.2 Å². The summed E-state index contributed by atoms with van der Waals surface area (Å²) in [5.41, 5.74) is 0.977. The van der Waals surface area contributed by atoms with Crippen LogP contribution in [-0.4, -0.2) is 38.3 Å². The minimum Gasteiger partial charge on any atom is -0.493 e. The fourth-order valence-corrected chi connectivity index (χ4v) is 2.50. The summed E-state index contributed by atoms with van der Waals surface area (Å²) in [6.07, 6.45) is -0.787. The molecular formula is C22H23F3N2O4. The Morgan fingerprint density at radius 3 is 2.55 bits per heavy atom. The van der Waals surface area contributed by atoms with Crippen LogP contribution in [0.4, 0.5) is 18.9 Å². The van der Waals surface area contributed by atoms with E-state index in [4.69, 9.17) is 9.47 Å². The lowest BCUT2D eigenvalue weighted by Gasteiger charge is -2.10. The molecule has 2 rings (SSSR count). The molecule has 0 aromatic heterocycles. The molecule has 0 bridgehead atoms. The Bertz CT molecular complexity index is 943. The minimum atomic E-state index is -4.50. The first-order valence-corrected chi connectivity index (χ1v) is 9.46. The van der Waals surface area contributed by atoms with Gasteiger partial charge in [0.1, 0.15) is 6.54 Å². The molecule has 9 heteroatoms. The Balaban J connectivity index is 2.01. The lowest BCUT2D eigenvalue weighted by Crippen LogP contribution is -2.33. The van der Waals surface area contributed by atoms with Gasteiger partial charge in [0.05, 0.1) is 13.7 Å². The fraction of sp³-hybridized carbons (Fsp3) is 0.273. The third-order valence-electron chi connectivity index (χ3n) is 3.92. The summed E-state index contributed by atoms with van der Waals surface area (Å²) in [6, 6.07) is 10.9. The summed E-state index contributed by atoms with van der Waals surface area (Å²) in [5, 5.41) is 4.35. The number of hydrogen-bond acceptors (Lipinski definition) is 4. The maximum absolute atomic E-state index is 12.2. The van der Waals surface area contributed by atoms with Crippen molar-refractivity contribution in [3.8, 4) is 11.5 Å². The number of rotatable bonds is 9. The molecule has 0 aliphatic rings. The molecule has 0 saturated carbocycles. The number of hydrogen-bond donors (Lipinski definition) is 2. The average Bonchev–Trinajstić information content (AvgIpc) is 2.74. The second-order valence-corrected chi connectivity index (χ2v) is 6.46. The summed E-state index contributed by atoms with van der Waals surface area (Å²) in [4.78, 5) is 24.0. The quantitative estimate of drug-likeness (QED) is 0.571. The average molecular weight is 436 g/mol. The Labute approximate surface area is 178 Å². The number of carbonyl (C=O) groups is 2. The smallest absolute Gasteiger partial charge is 0.405 e. The number of methoxy groups -OCH3 is 1. The van der Waals surface area contributed by atoms with E-state index < -0.39 is 24.5 Å². The van der Waals surface area contributed by atoms with Gasteiger partial charge in [0, 0.05) is 17.3 Å². The first-order valence-electron chi connectivity index (χ1n) is 9.46. The second kappa shape index (κ2) is 11.1. The molecule has 0 saturated heterocycles. The third-order valence-corrected chi connectivity index (χ3v) is 3.92. The van der Waals surface area contributed by atoms with E-state index in [2.05, 4.69) is 5.32 Å². The summed E-state index contributed by atoms with van der Waals surface area (Å²) >= 11 is 0. The molecule has 2 aromatic rings. The molecule has 0 unspecified atom stereocenters. The molecule has 166 valence electrons. The van der Waals surface area contributed by atoms with E-state index in [0.717, 1.165) is 6.42 Å². The first kappa shape index (κ1) is 23.8. The van der Waals surface area contributed by atoms with Crippen molar-refractivity contribution in [1.82, 2.24) is 5.32 Å². The van der Waals surface area contributed by atoms with E-state index in [9.17, 15) is 22.8 Å². The molecule has 0 fully saturated rings. The molecule has 0 heterocycles. The van der Waals surface area contributed by atoms with Crippen LogP contribution in [-0.2, 0) is 4.79 Å². The van der Waals surface area contributed by atoms with Crippen LogP contribution in [0.15, 0.2) is 48.5 Å². The predicted octanol–water partition coefficient (Wildman–Crippen LogP) is 4.43. The van der Waals surface area contributed by atoms with Gasteiger partial charge in [-0.3, -0.25) is 9.59 Å². The summed E-state index contributed by atoms with van der Waals surface area (Å²) in [7, 11) is 1.52. The Morgan fingerprint density at radius 1 is 1.10 bits per heavy atom. The standard InChI is InChI=1S/C22H23F3N2O4/c1-3-11-31-18-9-7-15(12-19(18)30-2)8-10-20(28)27-17-6-4-5-16(13-17)21(29)26-14-22(23,24)25/h4-10,12-13H,3,11,14H2,1-2H3,(H,26,29)(H,27,28)/b10-8+. The molecule has 2 aromatic carbocycles. The molecule has 6 nitrogen and oxygen atoms in total. The zero-order chi connectivity index (χ0) is 22.9. The van der Waals surface area contributed by atoms with Crippen LogP contribution >= 0.6 is 0 Å². The zero-order valence-electron chi connectivity index (χ0n) is 17.1. The molecule has 0 atom stereocenters. The van der Waals surface area contributed by atoms with E-state index in [1.54, 1.807) is 29.6 Å². The molecular weight excluding hydrogens is 413 g/mol. The normalized spacial score (nSPS) is 11.3. The van der Waals surface area contributed by atoms with Gasteiger partial charge >= 0.3 is 6.18 Å². The molecule has 31 heavy (non-hydrogen) atoms. The molecule has 2 amide bonds. The third kappa shape index (κ3) is 8.04. The molecule has 2 N–H and O–H groups in total. The molecule has 0 aliphatic heterocycles. The Hall–Kier alpha value is -3.49. The van der Waals surface area contributed by atoms with Crippen molar-refractivity contribution in [1.29, 1.82) is 0 Å². The van der Waals surface area contributed by atoms with Crippen LogP contribution < -0.4 is 20.1 Å². The predicted molar refractivity (Wildman–Crippen MR) is 111 cm³/mol. The van der Waals surface area contributed by atoms with Crippen molar-refractivity contribution in [3.63, 3.8) is 0 Å². The number of nitrogens with one attached hydrogen (secondary N) is 2. The summed E-state index contributed by atoms with van der Waals surface area (Å²) in [5.74, 6) is -0.222. The van der Waals surface area contributed by atoms with E-state index in [-0.39, 0.29) is 11.3 Å². The van der Waals surface area contributed by atoms with Gasteiger partial charge in [0.25, 0.3) is 5.91 Å². The largest absolute Gasteiger partial charge is 0.493 e. The maximum Gasteiger partial charge on any atom is 0.405 e. The highest BCUT2D eigenvalue weighted by Gasteiger charge is 2.27. The van der Waals surface area contributed by atoms with Crippen LogP contribution in [0, 0.1) is 0 Å². The maximum atomic E-state index is 12.2. The summed E-state index contributed by atoms with van der Waals surface area (Å²) < 4.78 is 47.6. The monoisotopic (exact) mass is 436 g/mol. The number of alkyl halides is 3. The fourth-order valence-electron chi connectivity index (χ4n) is 2.50. The van der Waals surface area contributed by atoms with Crippen molar-refractivity contribution in [2.75, 3.05) is 25.6 Å². The van der Waals surface area contributed by atoms with Crippen LogP contribution in [0.3, 0.4) is 0 Å². The number of carbonyl (C=O) groups excluding carboxylic acids is 2. The van der Waals surface area contributed by atoms with Gasteiger partial charge in [-0.15, -0.1) is 0 Å². The number of ether oxygens (including phenoxy) is 2. The lowest BCUT2D eigenvalue weighted by molar-refractivity contribution is -0.123. The SMILES string of the molecule is CCCOc1ccc(/C=C/C(=O)Nc2cccc(C(=O)NCC(F)(F)F)c2)cc1OC. The Kier molecular flexibility index (Phi) is 8.48. The Morgan fingerprint density at radius 2 is 1.87 bits per heavy atom. The highest BCUT2D eigenvalue weighted by Crippen LogP contribution is 2.28. The van der Waals surface area contributed by atoms with Gasteiger partial charge < -0.3 is 20.1 Å². The second-order valence-electron chi connectivity index (χ2n) is 6.46. The summed E-state index contributed by atoms with van der Waals surface area (Å²) in [6.45, 7) is 1.12. The van der Waals surface area contributed by atoms with Gasteiger partial charge in [-0.1, -0.05) is 19.1 Å². The van der Waals surface area contributed by atoms with Gasteiger partial charge in [-0.25, -0.2) is 0 Å². The van der Waals surface area contributed by atoms with Crippen LogP contribution in [0.1, 0.15) is 29.3 Å². The minimum absolute atomic E-state index is 0.00145. The van der Waals surface area contributed by atoms with Crippen molar-refractivity contribution >= 4 is 23.6 Å². The van der Waals surface area contributed by atoms with Crippen LogP contribution in [0.25, 0.3) is 6.08 Å².